The van der Waals surface area contributed by atoms with Crippen molar-refractivity contribution < 1.29 is 9.78 Å². The van der Waals surface area contributed by atoms with Gasteiger partial charge in [-0.3, -0.25) is 0 Å². The van der Waals surface area contributed by atoms with Crippen LogP contribution in [0.4, 0.5) is 0 Å². The van der Waals surface area contributed by atoms with Crippen molar-refractivity contribution >= 4 is 0 Å². The number of rotatable bonds is 0. The first-order valence-electron chi connectivity index (χ1n) is 3.45. The zero-order valence-corrected chi connectivity index (χ0v) is 5.25. The Morgan fingerprint density at radius 2 is 1.56 bits per heavy atom. The Hall–Kier alpha value is -0.340. The molecule has 3 rings (SSSR count). The summed E-state index contributed by atoms with van der Waals surface area (Å²) in [6, 6.07) is 0. The molecule has 0 radical (unpaired) electrons. The Balaban J connectivity index is 2.15. The van der Waals surface area contributed by atoms with E-state index >= 15 is 0 Å². The summed E-state index contributed by atoms with van der Waals surface area (Å²) >= 11 is 0. The smallest absolute Gasteiger partial charge is 0.111 e. The Labute approximate surface area is 54.4 Å². The summed E-state index contributed by atoms with van der Waals surface area (Å²) in [5.41, 5.74) is 0. The molecule has 0 N–H and O–H groups in total. The largest absolute Gasteiger partial charge is 0.229 e. The Kier molecular flexibility index (Phi) is 1.28. The van der Waals surface area contributed by atoms with Gasteiger partial charge in [0.1, 0.15) is 12.2 Å². The lowest BCUT2D eigenvalue weighted by Crippen LogP contribution is -2.17. The van der Waals surface area contributed by atoms with E-state index in [1.807, 2.05) is 0 Å². The molecule has 2 aliphatic heterocycles. The van der Waals surface area contributed by atoms with Gasteiger partial charge in [0.2, 0.25) is 0 Å². The predicted octanol–water partition coefficient (Wildman–Crippen LogP) is 1.43. The van der Waals surface area contributed by atoms with Gasteiger partial charge in [-0.25, -0.2) is 9.78 Å². The lowest BCUT2D eigenvalue weighted by atomic mass is 10.2. The van der Waals surface area contributed by atoms with Crippen molar-refractivity contribution in [2.75, 3.05) is 0 Å². The molecule has 0 spiro atoms. The molecule has 50 valence electrons. The summed E-state index contributed by atoms with van der Waals surface area (Å²) < 4.78 is 0. The van der Waals surface area contributed by atoms with E-state index in [2.05, 4.69) is 12.2 Å². The van der Waals surface area contributed by atoms with Gasteiger partial charge in [-0.05, 0) is 19.3 Å². The van der Waals surface area contributed by atoms with Crippen molar-refractivity contribution in [3.63, 3.8) is 0 Å². The SMILES string of the molecule is C1=C[C@H]2CCC[C@@H]1OO2. The van der Waals surface area contributed by atoms with Crippen LogP contribution in [0.3, 0.4) is 0 Å². The fourth-order valence-electron chi connectivity index (χ4n) is 1.26. The first-order valence-corrected chi connectivity index (χ1v) is 3.45. The molecule has 2 heterocycles. The number of hydrogen-bond donors (Lipinski definition) is 0. The molecule has 2 bridgehead atoms. The molecule has 2 atom stereocenters. The second-order valence-electron chi connectivity index (χ2n) is 2.59. The highest BCUT2D eigenvalue weighted by Gasteiger charge is 2.21. The topological polar surface area (TPSA) is 18.5 Å². The Morgan fingerprint density at radius 1 is 1.00 bits per heavy atom. The number of fused-ring (bicyclic) bond motifs is 3. The zero-order valence-electron chi connectivity index (χ0n) is 5.25. The van der Waals surface area contributed by atoms with Crippen LogP contribution in [0.25, 0.3) is 0 Å². The zero-order chi connectivity index (χ0) is 6.10. The summed E-state index contributed by atoms with van der Waals surface area (Å²) in [7, 11) is 0. The van der Waals surface area contributed by atoms with E-state index < -0.39 is 0 Å². The average molecular weight is 126 g/mol. The summed E-state index contributed by atoms with van der Waals surface area (Å²) in [5.74, 6) is 0. The van der Waals surface area contributed by atoms with E-state index in [1.54, 1.807) is 0 Å². The molecule has 0 aromatic carbocycles. The molecule has 9 heavy (non-hydrogen) atoms. The van der Waals surface area contributed by atoms with E-state index in [1.165, 1.54) is 6.42 Å². The van der Waals surface area contributed by atoms with Crippen LogP contribution in [0.5, 0.6) is 0 Å². The third-order valence-corrected chi connectivity index (χ3v) is 1.82. The third kappa shape index (κ3) is 1.00. The summed E-state index contributed by atoms with van der Waals surface area (Å²) in [6.07, 6.45) is 8.14. The van der Waals surface area contributed by atoms with Crippen LogP contribution in [0.15, 0.2) is 12.2 Å². The quantitative estimate of drug-likeness (QED) is 0.361. The minimum Gasteiger partial charge on any atom is -0.229 e. The molecule has 3 aliphatic rings. The first kappa shape index (κ1) is 5.45. The molecular weight excluding hydrogens is 116 g/mol. The molecule has 2 nitrogen and oxygen atoms in total. The van der Waals surface area contributed by atoms with Crippen molar-refractivity contribution in [3.05, 3.63) is 12.2 Å². The van der Waals surface area contributed by atoms with Crippen LogP contribution in [0.2, 0.25) is 0 Å². The molecule has 0 unspecified atom stereocenters. The molecule has 1 fully saturated rings. The summed E-state index contributed by atoms with van der Waals surface area (Å²) in [4.78, 5) is 10.0. The van der Waals surface area contributed by atoms with Crippen LogP contribution in [0, 0.1) is 0 Å². The third-order valence-electron chi connectivity index (χ3n) is 1.82. The van der Waals surface area contributed by atoms with Gasteiger partial charge in [0.25, 0.3) is 0 Å². The van der Waals surface area contributed by atoms with E-state index in [-0.39, 0.29) is 12.2 Å². The fraction of sp³-hybridized carbons (Fsp3) is 0.714. The van der Waals surface area contributed by atoms with Crippen molar-refractivity contribution in [3.8, 4) is 0 Å². The van der Waals surface area contributed by atoms with Gasteiger partial charge < -0.3 is 0 Å². The molecule has 0 aromatic heterocycles. The lowest BCUT2D eigenvalue weighted by molar-refractivity contribution is -0.332. The summed E-state index contributed by atoms with van der Waals surface area (Å²) in [5, 5.41) is 0. The lowest BCUT2D eigenvalue weighted by Gasteiger charge is -2.15. The molecule has 0 amide bonds. The molecule has 2 heteroatoms. The van der Waals surface area contributed by atoms with Gasteiger partial charge in [-0.2, -0.15) is 0 Å². The second-order valence-corrected chi connectivity index (χ2v) is 2.59. The monoisotopic (exact) mass is 126 g/mol. The molecule has 0 aromatic rings. The van der Waals surface area contributed by atoms with Crippen LogP contribution in [-0.4, -0.2) is 12.2 Å². The minimum absolute atomic E-state index is 0.240. The predicted molar refractivity (Wildman–Crippen MR) is 32.7 cm³/mol. The normalized spacial score (nSPS) is 40.9. The maximum atomic E-state index is 5.02. The fourth-order valence-corrected chi connectivity index (χ4v) is 1.26. The van der Waals surface area contributed by atoms with Crippen LogP contribution < -0.4 is 0 Å². The highest BCUT2D eigenvalue weighted by atomic mass is 17.2. The highest BCUT2D eigenvalue weighted by molar-refractivity contribution is 4.99. The van der Waals surface area contributed by atoms with Crippen molar-refractivity contribution in [1.29, 1.82) is 0 Å². The Morgan fingerprint density at radius 3 is 2.00 bits per heavy atom. The van der Waals surface area contributed by atoms with E-state index in [9.17, 15) is 0 Å². The van der Waals surface area contributed by atoms with Gasteiger partial charge in [0.15, 0.2) is 0 Å². The van der Waals surface area contributed by atoms with Gasteiger partial charge in [0, 0.05) is 0 Å². The van der Waals surface area contributed by atoms with Crippen molar-refractivity contribution in [2.24, 2.45) is 0 Å². The number of hydrogen-bond acceptors (Lipinski definition) is 2. The summed E-state index contributed by atoms with van der Waals surface area (Å²) in [6.45, 7) is 0. The van der Waals surface area contributed by atoms with E-state index in [4.69, 9.17) is 9.78 Å². The molecule has 1 saturated heterocycles. The molecule has 0 saturated carbocycles. The van der Waals surface area contributed by atoms with Crippen LogP contribution in [0.1, 0.15) is 19.3 Å². The van der Waals surface area contributed by atoms with Crippen LogP contribution >= 0.6 is 0 Å². The van der Waals surface area contributed by atoms with Crippen LogP contribution in [-0.2, 0) is 9.78 Å². The van der Waals surface area contributed by atoms with Gasteiger partial charge in [-0.1, -0.05) is 12.2 Å². The second kappa shape index (κ2) is 2.12. The highest BCUT2D eigenvalue weighted by Crippen LogP contribution is 2.22. The van der Waals surface area contributed by atoms with E-state index in [0.717, 1.165) is 12.8 Å². The minimum atomic E-state index is 0.240. The maximum absolute atomic E-state index is 5.02. The maximum Gasteiger partial charge on any atom is 0.111 e. The Bertz CT molecular complexity index is 113. The van der Waals surface area contributed by atoms with Gasteiger partial charge in [-0.15, -0.1) is 0 Å². The van der Waals surface area contributed by atoms with Gasteiger partial charge in [0.05, 0.1) is 0 Å². The van der Waals surface area contributed by atoms with E-state index in [0.29, 0.717) is 0 Å². The molecular formula is C7H10O2. The average Bonchev–Trinajstić information content (AvgIpc) is 2.21. The first-order chi connectivity index (χ1) is 4.45. The van der Waals surface area contributed by atoms with Gasteiger partial charge >= 0.3 is 0 Å². The van der Waals surface area contributed by atoms with Crippen molar-refractivity contribution in [2.45, 2.75) is 31.5 Å². The standard InChI is InChI=1S/C7H10O2/c1-2-6-4-5-7(3-1)9-8-6/h4-7H,1-3H2/t6-,7+. The molecule has 1 aliphatic carbocycles. The van der Waals surface area contributed by atoms with Crippen molar-refractivity contribution in [1.82, 2.24) is 0 Å².